The van der Waals surface area contributed by atoms with Crippen molar-refractivity contribution < 1.29 is 9.53 Å². The summed E-state index contributed by atoms with van der Waals surface area (Å²) >= 11 is 0. The highest BCUT2D eigenvalue weighted by Crippen LogP contribution is 2.15. The van der Waals surface area contributed by atoms with Gasteiger partial charge in [0.05, 0.1) is 6.61 Å². The molecule has 1 N–H and O–H groups in total. The van der Waals surface area contributed by atoms with Crippen molar-refractivity contribution in [2.45, 2.75) is 33.6 Å². The molecule has 0 aliphatic carbocycles. The molecule has 1 aromatic carbocycles. The van der Waals surface area contributed by atoms with Crippen molar-refractivity contribution in [1.82, 2.24) is 5.32 Å². The Morgan fingerprint density at radius 3 is 2.59 bits per heavy atom. The first-order valence-corrected chi connectivity index (χ1v) is 7.69. The average molecular weight is 300 g/mol. The molecule has 0 spiro atoms. The molecule has 0 aromatic heterocycles. The lowest BCUT2D eigenvalue weighted by molar-refractivity contribution is -0.117. The van der Waals surface area contributed by atoms with Gasteiger partial charge in [-0.1, -0.05) is 39.3 Å². The van der Waals surface area contributed by atoms with Crippen molar-refractivity contribution in [1.29, 1.82) is 5.26 Å². The standard InChI is InChI=1S/C18H24N2O2/c1-4-5-10-22-17-8-6-15(7-9-17)11-16(12-19)18(21)20-13-14(2)3/h6-9,11,14H,4-5,10,13H2,1-3H3,(H,20,21)/b16-11+. The smallest absolute Gasteiger partial charge is 0.261 e. The number of ether oxygens (including phenoxy) is 1. The number of nitriles is 1. The van der Waals surface area contributed by atoms with Crippen LogP contribution in [-0.2, 0) is 4.79 Å². The second-order valence-electron chi connectivity index (χ2n) is 5.54. The van der Waals surface area contributed by atoms with E-state index in [1.54, 1.807) is 6.08 Å². The van der Waals surface area contributed by atoms with Crippen LogP contribution in [0.1, 0.15) is 39.2 Å². The van der Waals surface area contributed by atoms with Gasteiger partial charge < -0.3 is 10.1 Å². The van der Waals surface area contributed by atoms with Gasteiger partial charge in [0.2, 0.25) is 0 Å². The Balaban J connectivity index is 2.69. The van der Waals surface area contributed by atoms with E-state index in [1.807, 2.05) is 44.2 Å². The molecular weight excluding hydrogens is 276 g/mol. The van der Waals surface area contributed by atoms with E-state index >= 15 is 0 Å². The highest BCUT2D eigenvalue weighted by Gasteiger charge is 2.09. The predicted octanol–water partition coefficient (Wildman–Crippen LogP) is 3.54. The quantitative estimate of drug-likeness (QED) is 0.454. The second kappa shape index (κ2) is 9.62. The predicted molar refractivity (Wildman–Crippen MR) is 88.3 cm³/mol. The highest BCUT2D eigenvalue weighted by atomic mass is 16.5. The molecular formula is C18H24N2O2. The summed E-state index contributed by atoms with van der Waals surface area (Å²) in [4.78, 5) is 11.9. The first kappa shape index (κ1) is 17.8. The van der Waals surface area contributed by atoms with Crippen LogP contribution in [0.25, 0.3) is 6.08 Å². The van der Waals surface area contributed by atoms with E-state index in [0.717, 1.165) is 24.2 Å². The van der Waals surface area contributed by atoms with E-state index in [9.17, 15) is 4.79 Å². The van der Waals surface area contributed by atoms with E-state index in [2.05, 4.69) is 12.2 Å². The van der Waals surface area contributed by atoms with Crippen LogP contribution in [0.4, 0.5) is 0 Å². The molecule has 4 nitrogen and oxygen atoms in total. The fourth-order valence-electron chi connectivity index (χ4n) is 1.70. The Morgan fingerprint density at radius 2 is 2.05 bits per heavy atom. The fraction of sp³-hybridized carbons (Fsp3) is 0.444. The first-order valence-electron chi connectivity index (χ1n) is 7.69. The van der Waals surface area contributed by atoms with Crippen LogP contribution in [-0.4, -0.2) is 19.1 Å². The number of rotatable bonds is 8. The number of nitrogens with one attached hydrogen (secondary N) is 1. The van der Waals surface area contributed by atoms with E-state index in [4.69, 9.17) is 10.00 Å². The Labute approximate surface area is 132 Å². The molecule has 1 amide bonds. The van der Waals surface area contributed by atoms with Gasteiger partial charge in [-0.2, -0.15) is 5.26 Å². The van der Waals surface area contributed by atoms with Crippen LogP contribution in [0.15, 0.2) is 29.8 Å². The van der Waals surface area contributed by atoms with Gasteiger partial charge in [0.15, 0.2) is 0 Å². The van der Waals surface area contributed by atoms with Gasteiger partial charge in [0.25, 0.3) is 5.91 Å². The summed E-state index contributed by atoms with van der Waals surface area (Å²) in [5, 5.41) is 11.9. The molecule has 118 valence electrons. The van der Waals surface area contributed by atoms with Crippen molar-refractivity contribution in [2.24, 2.45) is 5.92 Å². The van der Waals surface area contributed by atoms with Gasteiger partial charge in [-0.25, -0.2) is 0 Å². The third kappa shape index (κ3) is 6.45. The zero-order chi connectivity index (χ0) is 16.4. The van der Waals surface area contributed by atoms with E-state index in [0.29, 0.717) is 19.1 Å². The van der Waals surface area contributed by atoms with Crippen LogP contribution >= 0.6 is 0 Å². The highest BCUT2D eigenvalue weighted by molar-refractivity contribution is 6.01. The monoisotopic (exact) mass is 300 g/mol. The minimum Gasteiger partial charge on any atom is -0.494 e. The molecule has 22 heavy (non-hydrogen) atoms. The van der Waals surface area contributed by atoms with Gasteiger partial charge in [0, 0.05) is 6.54 Å². The number of nitrogens with zero attached hydrogens (tertiary/aromatic N) is 1. The lowest BCUT2D eigenvalue weighted by atomic mass is 10.1. The van der Waals surface area contributed by atoms with Gasteiger partial charge >= 0.3 is 0 Å². The number of benzene rings is 1. The molecule has 0 saturated heterocycles. The van der Waals surface area contributed by atoms with Crippen LogP contribution in [0.5, 0.6) is 5.75 Å². The van der Waals surface area contributed by atoms with E-state index < -0.39 is 0 Å². The van der Waals surface area contributed by atoms with Crippen molar-refractivity contribution in [2.75, 3.05) is 13.2 Å². The number of hydrogen-bond acceptors (Lipinski definition) is 3. The average Bonchev–Trinajstić information content (AvgIpc) is 2.52. The Bertz CT molecular complexity index is 539. The third-order valence-corrected chi connectivity index (χ3v) is 2.99. The summed E-state index contributed by atoms with van der Waals surface area (Å²) < 4.78 is 5.58. The summed E-state index contributed by atoms with van der Waals surface area (Å²) in [5.41, 5.74) is 0.916. The number of carbonyl (C=O) groups is 1. The van der Waals surface area contributed by atoms with Gasteiger partial charge in [0.1, 0.15) is 17.4 Å². The maximum atomic E-state index is 11.9. The summed E-state index contributed by atoms with van der Waals surface area (Å²) in [6.07, 6.45) is 3.71. The van der Waals surface area contributed by atoms with Gasteiger partial charge in [-0.3, -0.25) is 4.79 Å². The Hall–Kier alpha value is -2.28. The minimum absolute atomic E-state index is 0.111. The molecule has 0 saturated carbocycles. The van der Waals surface area contributed by atoms with Crippen molar-refractivity contribution in [3.63, 3.8) is 0 Å². The molecule has 0 radical (unpaired) electrons. The minimum atomic E-state index is -0.334. The third-order valence-electron chi connectivity index (χ3n) is 2.99. The van der Waals surface area contributed by atoms with Crippen LogP contribution < -0.4 is 10.1 Å². The molecule has 0 aliphatic rings. The fourth-order valence-corrected chi connectivity index (χ4v) is 1.70. The zero-order valence-corrected chi connectivity index (χ0v) is 13.6. The molecule has 4 heteroatoms. The molecule has 1 aromatic rings. The maximum absolute atomic E-state index is 11.9. The zero-order valence-electron chi connectivity index (χ0n) is 13.6. The molecule has 0 unspecified atom stereocenters. The Morgan fingerprint density at radius 1 is 1.36 bits per heavy atom. The number of unbranched alkanes of at least 4 members (excludes halogenated alkanes) is 1. The van der Waals surface area contributed by atoms with Gasteiger partial charge in [-0.15, -0.1) is 0 Å². The molecule has 0 fully saturated rings. The van der Waals surface area contributed by atoms with Crippen molar-refractivity contribution in [3.05, 3.63) is 35.4 Å². The summed E-state index contributed by atoms with van der Waals surface area (Å²) in [6, 6.07) is 9.33. The van der Waals surface area contributed by atoms with E-state index in [-0.39, 0.29) is 11.5 Å². The molecule has 1 rings (SSSR count). The lowest BCUT2D eigenvalue weighted by Crippen LogP contribution is -2.28. The molecule has 0 atom stereocenters. The van der Waals surface area contributed by atoms with Crippen LogP contribution in [0, 0.1) is 17.2 Å². The normalized spacial score (nSPS) is 11.1. The number of carbonyl (C=O) groups excluding carboxylic acids is 1. The first-order chi connectivity index (χ1) is 10.6. The van der Waals surface area contributed by atoms with Crippen LogP contribution in [0.2, 0.25) is 0 Å². The summed E-state index contributed by atoms with van der Waals surface area (Å²) in [5.74, 6) is 0.816. The van der Waals surface area contributed by atoms with E-state index in [1.165, 1.54) is 0 Å². The molecule has 0 heterocycles. The van der Waals surface area contributed by atoms with Crippen molar-refractivity contribution in [3.8, 4) is 11.8 Å². The number of amides is 1. The SMILES string of the molecule is CCCCOc1ccc(/C=C(\C#N)C(=O)NCC(C)C)cc1. The second-order valence-corrected chi connectivity index (χ2v) is 5.54. The topological polar surface area (TPSA) is 62.1 Å². The lowest BCUT2D eigenvalue weighted by Gasteiger charge is -2.07. The van der Waals surface area contributed by atoms with Crippen molar-refractivity contribution >= 4 is 12.0 Å². The summed E-state index contributed by atoms with van der Waals surface area (Å²) in [6.45, 7) is 7.39. The largest absolute Gasteiger partial charge is 0.494 e. The van der Waals surface area contributed by atoms with Crippen LogP contribution in [0.3, 0.4) is 0 Å². The molecule has 0 aliphatic heterocycles. The number of hydrogen-bond donors (Lipinski definition) is 1. The molecule has 0 bridgehead atoms. The maximum Gasteiger partial charge on any atom is 0.261 e. The Kier molecular flexibility index (Phi) is 7.77. The van der Waals surface area contributed by atoms with Gasteiger partial charge in [-0.05, 0) is 36.1 Å². The summed E-state index contributed by atoms with van der Waals surface area (Å²) in [7, 11) is 0.